The van der Waals surface area contributed by atoms with Crippen LogP contribution in [-0.4, -0.2) is 31.6 Å². The number of nitrogens with two attached hydrogens (primary N) is 1. The third-order valence-electron chi connectivity index (χ3n) is 2.58. The minimum absolute atomic E-state index is 0.212. The largest absolute Gasteiger partial charge is 0.495 e. The van der Waals surface area contributed by atoms with Gasteiger partial charge >= 0.3 is 0 Å². The molecule has 20 heavy (non-hydrogen) atoms. The van der Waals surface area contributed by atoms with Crippen LogP contribution in [0, 0.1) is 34.5 Å². The lowest BCUT2D eigenvalue weighted by atomic mass is 10.1. The summed E-state index contributed by atoms with van der Waals surface area (Å²) in [5.74, 6) is 6.42. The maximum atomic E-state index is 8.74. The summed E-state index contributed by atoms with van der Waals surface area (Å²) < 4.78 is 5.24. The van der Waals surface area contributed by atoms with Gasteiger partial charge in [0.25, 0.3) is 0 Å². The van der Waals surface area contributed by atoms with Crippen molar-refractivity contribution in [3.8, 4) is 29.7 Å². The lowest BCUT2D eigenvalue weighted by Crippen LogP contribution is -2.23. The Hall–Kier alpha value is -2.52. The van der Waals surface area contributed by atoms with Crippen LogP contribution >= 0.6 is 0 Å². The van der Waals surface area contributed by atoms with Gasteiger partial charge in [-0.3, -0.25) is 4.90 Å². The van der Waals surface area contributed by atoms with Crippen molar-refractivity contribution in [1.82, 2.24) is 4.90 Å². The van der Waals surface area contributed by atoms with E-state index in [2.05, 4.69) is 11.8 Å². The van der Waals surface area contributed by atoms with Crippen molar-refractivity contribution in [3.63, 3.8) is 0 Å². The van der Waals surface area contributed by atoms with Crippen LogP contribution in [0.3, 0.4) is 0 Å². The molecule has 0 spiro atoms. The molecule has 5 nitrogen and oxygen atoms in total. The van der Waals surface area contributed by atoms with E-state index in [1.807, 2.05) is 30.3 Å². The number of ether oxygens (including phenoxy) is 1. The molecule has 0 saturated carbocycles. The fourth-order valence-corrected chi connectivity index (χ4v) is 1.72. The highest BCUT2D eigenvalue weighted by Crippen LogP contribution is 2.19. The highest BCUT2D eigenvalue weighted by molar-refractivity contribution is 5.48. The Balaban J connectivity index is 2.96. The van der Waals surface area contributed by atoms with E-state index in [0.29, 0.717) is 12.3 Å². The van der Waals surface area contributed by atoms with E-state index in [9.17, 15) is 0 Å². The molecule has 0 saturated heterocycles. The molecule has 2 N–H and O–H groups in total. The Morgan fingerprint density at radius 2 is 1.95 bits per heavy atom. The summed E-state index contributed by atoms with van der Waals surface area (Å²) in [5.41, 5.74) is 7.10. The van der Waals surface area contributed by atoms with Gasteiger partial charge in [0, 0.05) is 6.54 Å². The second-order valence-electron chi connectivity index (χ2n) is 4.00. The van der Waals surface area contributed by atoms with Crippen molar-refractivity contribution in [1.29, 1.82) is 10.5 Å². The molecule has 0 aromatic heterocycles. The third-order valence-corrected chi connectivity index (χ3v) is 2.58. The smallest absolute Gasteiger partial charge is 0.134 e. The number of rotatable bonds is 5. The van der Waals surface area contributed by atoms with E-state index in [0.717, 1.165) is 11.1 Å². The van der Waals surface area contributed by atoms with Crippen LogP contribution in [0.2, 0.25) is 0 Å². The Labute approximate surface area is 119 Å². The van der Waals surface area contributed by atoms with Crippen LogP contribution in [-0.2, 0) is 6.54 Å². The zero-order chi connectivity index (χ0) is 14.8. The fraction of sp³-hybridized carbons (Fsp3) is 0.333. The van der Waals surface area contributed by atoms with Gasteiger partial charge in [0.05, 0.1) is 44.4 Å². The first-order valence-electron chi connectivity index (χ1n) is 6.07. The van der Waals surface area contributed by atoms with Crippen molar-refractivity contribution >= 4 is 0 Å². The highest BCUT2D eigenvalue weighted by atomic mass is 16.5. The molecule has 0 bridgehead atoms. The molecule has 0 aliphatic heterocycles. The lowest BCUT2D eigenvalue weighted by molar-refractivity contribution is 0.334. The van der Waals surface area contributed by atoms with Gasteiger partial charge in [0.1, 0.15) is 5.75 Å². The number of methoxy groups -OCH3 is 1. The molecule has 5 heteroatoms. The summed E-state index contributed by atoms with van der Waals surface area (Å²) in [7, 11) is 1.58. The predicted octanol–water partition coefficient (Wildman–Crippen LogP) is 0.855. The second-order valence-corrected chi connectivity index (χ2v) is 4.00. The van der Waals surface area contributed by atoms with Gasteiger partial charge in [-0.15, -0.1) is 0 Å². The standard InChI is InChI=1S/C15H16N4O/c1-20-15-5-4-13(11-14(15)3-2-6-16)12-19(9-7-17)10-8-18/h4-5,11H,6,9-10,12,16H2,1H3. The van der Waals surface area contributed by atoms with Crippen LogP contribution in [0.4, 0.5) is 0 Å². The van der Waals surface area contributed by atoms with Gasteiger partial charge in [-0.1, -0.05) is 17.9 Å². The Morgan fingerprint density at radius 3 is 2.50 bits per heavy atom. The molecular formula is C15H16N4O. The molecule has 0 unspecified atom stereocenters. The number of nitriles is 2. The monoisotopic (exact) mass is 268 g/mol. The molecule has 102 valence electrons. The maximum Gasteiger partial charge on any atom is 0.134 e. The molecular weight excluding hydrogens is 252 g/mol. The zero-order valence-corrected chi connectivity index (χ0v) is 11.4. The quantitative estimate of drug-likeness (QED) is 0.632. The second kappa shape index (κ2) is 8.56. The SMILES string of the molecule is COc1ccc(CN(CC#N)CC#N)cc1C#CCN. The summed E-state index contributed by atoms with van der Waals surface area (Å²) in [5, 5.41) is 17.5. The molecule has 0 aliphatic rings. The molecule has 1 rings (SSSR count). The van der Waals surface area contributed by atoms with Crippen LogP contribution in [0.15, 0.2) is 18.2 Å². The van der Waals surface area contributed by atoms with E-state index < -0.39 is 0 Å². The topological polar surface area (TPSA) is 86.1 Å². The number of nitrogens with zero attached hydrogens (tertiary/aromatic N) is 3. The molecule has 1 aromatic carbocycles. The van der Waals surface area contributed by atoms with Gasteiger partial charge in [0.2, 0.25) is 0 Å². The Morgan fingerprint density at radius 1 is 1.25 bits per heavy atom. The minimum atomic E-state index is 0.212. The summed E-state index contributed by atoms with van der Waals surface area (Å²) in [6.45, 7) is 1.22. The summed E-state index contributed by atoms with van der Waals surface area (Å²) in [4.78, 5) is 1.75. The highest BCUT2D eigenvalue weighted by Gasteiger charge is 2.07. The number of hydrogen-bond acceptors (Lipinski definition) is 5. The van der Waals surface area contributed by atoms with Gasteiger partial charge in [0.15, 0.2) is 0 Å². The van der Waals surface area contributed by atoms with Gasteiger partial charge in [-0.2, -0.15) is 10.5 Å². The van der Waals surface area contributed by atoms with Crippen LogP contribution in [0.5, 0.6) is 5.75 Å². The van der Waals surface area contributed by atoms with E-state index in [4.69, 9.17) is 21.0 Å². The number of benzene rings is 1. The molecule has 0 heterocycles. The lowest BCUT2D eigenvalue weighted by Gasteiger charge is -2.15. The maximum absolute atomic E-state index is 8.74. The molecule has 1 aromatic rings. The first-order chi connectivity index (χ1) is 9.74. The van der Waals surface area contributed by atoms with Crippen LogP contribution < -0.4 is 10.5 Å². The van der Waals surface area contributed by atoms with Crippen LogP contribution in [0.25, 0.3) is 0 Å². The summed E-state index contributed by atoms with van der Waals surface area (Å²) in [6, 6.07) is 9.72. The minimum Gasteiger partial charge on any atom is -0.495 e. The number of hydrogen-bond donors (Lipinski definition) is 1. The normalized spacial score (nSPS) is 9.25. The first kappa shape index (κ1) is 15.5. The van der Waals surface area contributed by atoms with Crippen molar-refractivity contribution in [2.24, 2.45) is 5.73 Å². The van der Waals surface area contributed by atoms with Crippen molar-refractivity contribution in [2.45, 2.75) is 6.54 Å². The van der Waals surface area contributed by atoms with E-state index in [1.54, 1.807) is 12.0 Å². The van der Waals surface area contributed by atoms with Gasteiger partial charge < -0.3 is 10.5 Å². The van der Waals surface area contributed by atoms with Crippen molar-refractivity contribution in [2.75, 3.05) is 26.7 Å². The predicted molar refractivity (Wildman–Crippen MR) is 75.4 cm³/mol. The van der Waals surface area contributed by atoms with E-state index >= 15 is 0 Å². The molecule has 0 atom stereocenters. The van der Waals surface area contributed by atoms with Gasteiger partial charge in [-0.25, -0.2) is 0 Å². The van der Waals surface area contributed by atoms with E-state index in [1.165, 1.54) is 0 Å². The molecule has 0 amide bonds. The summed E-state index contributed by atoms with van der Waals surface area (Å²) >= 11 is 0. The van der Waals surface area contributed by atoms with Crippen molar-refractivity contribution in [3.05, 3.63) is 29.3 Å². The zero-order valence-electron chi connectivity index (χ0n) is 11.4. The van der Waals surface area contributed by atoms with Crippen molar-refractivity contribution < 1.29 is 4.74 Å². The molecule has 0 fully saturated rings. The Kier molecular flexibility index (Phi) is 6.65. The Bertz CT molecular complexity index is 571. The average Bonchev–Trinajstić information content (AvgIpc) is 2.46. The summed E-state index contributed by atoms with van der Waals surface area (Å²) in [6.07, 6.45) is 0. The van der Waals surface area contributed by atoms with Crippen LogP contribution in [0.1, 0.15) is 11.1 Å². The third kappa shape index (κ3) is 4.63. The average molecular weight is 268 g/mol. The molecule has 0 radical (unpaired) electrons. The molecule has 0 aliphatic carbocycles. The first-order valence-corrected chi connectivity index (χ1v) is 6.07. The van der Waals surface area contributed by atoms with E-state index in [-0.39, 0.29) is 19.6 Å². The fourth-order valence-electron chi connectivity index (χ4n) is 1.72. The van der Waals surface area contributed by atoms with Gasteiger partial charge in [-0.05, 0) is 17.7 Å².